The van der Waals surface area contributed by atoms with Gasteiger partial charge in [0.2, 0.25) is 0 Å². The van der Waals surface area contributed by atoms with E-state index in [-0.39, 0.29) is 12.5 Å². The van der Waals surface area contributed by atoms with Crippen molar-refractivity contribution in [2.24, 2.45) is 0 Å². The second-order valence-corrected chi connectivity index (χ2v) is 4.75. The van der Waals surface area contributed by atoms with Crippen LogP contribution in [0.25, 0.3) is 0 Å². The van der Waals surface area contributed by atoms with Gasteiger partial charge >= 0.3 is 6.18 Å². The molecule has 1 aromatic rings. The Morgan fingerprint density at radius 3 is 2.79 bits per heavy atom. The van der Waals surface area contributed by atoms with Gasteiger partial charge in [-0.3, -0.25) is 5.32 Å². The van der Waals surface area contributed by atoms with Crippen molar-refractivity contribution in [1.29, 1.82) is 0 Å². The van der Waals surface area contributed by atoms with Crippen molar-refractivity contribution in [1.82, 2.24) is 5.32 Å². The van der Waals surface area contributed by atoms with Crippen molar-refractivity contribution in [3.05, 3.63) is 29.8 Å². The molecular formula is C14H18F3NO. The van der Waals surface area contributed by atoms with Crippen molar-refractivity contribution in [3.63, 3.8) is 0 Å². The summed E-state index contributed by atoms with van der Waals surface area (Å²) in [6, 6.07) is 5.65. The zero-order valence-electron chi connectivity index (χ0n) is 10.8. The molecule has 2 unspecified atom stereocenters. The molecule has 1 N–H and O–H groups in total. The lowest BCUT2D eigenvalue weighted by atomic mass is 9.93. The van der Waals surface area contributed by atoms with Gasteiger partial charge in [-0.1, -0.05) is 12.1 Å². The van der Waals surface area contributed by atoms with Gasteiger partial charge in [0.15, 0.2) is 0 Å². The molecule has 2 atom stereocenters. The molecule has 0 aromatic heterocycles. The van der Waals surface area contributed by atoms with Gasteiger partial charge in [-0.25, -0.2) is 0 Å². The average molecular weight is 273 g/mol. The molecule has 1 heterocycles. The molecule has 5 heteroatoms. The summed E-state index contributed by atoms with van der Waals surface area (Å²) in [6.07, 6.45) is -2.70. The molecule has 0 aliphatic carbocycles. The minimum atomic E-state index is -4.17. The van der Waals surface area contributed by atoms with E-state index in [0.717, 1.165) is 12.0 Å². The van der Waals surface area contributed by atoms with E-state index in [1.165, 1.54) is 0 Å². The van der Waals surface area contributed by atoms with Gasteiger partial charge < -0.3 is 4.74 Å². The predicted molar refractivity (Wildman–Crippen MR) is 67.2 cm³/mol. The first kappa shape index (κ1) is 14.2. The normalized spacial score (nSPS) is 24.2. The molecule has 1 aromatic carbocycles. The van der Waals surface area contributed by atoms with Crippen LogP contribution < -0.4 is 10.1 Å². The molecule has 1 saturated heterocycles. The van der Waals surface area contributed by atoms with Crippen LogP contribution in [0.4, 0.5) is 13.2 Å². The van der Waals surface area contributed by atoms with Crippen molar-refractivity contribution in [2.75, 3.05) is 6.61 Å². The van der Waals surface area contributed by atoms with Crippen molar-refractivity contribution in [2.45, 2.75) is 44.4 Å². The van der Waals surface area contributed by atoms with Crippen LogP contribution in [0.15, 0.2) is 24.3 Å². The first-order valence-electron chi connectivity index (χ1n) is 6.56. The maximum atomic E-state index is 12.7. The Labute approximate surface area is 111 Å². The standard InChI is InChI=1S/C14H18F3NO/c1-2-19-11-6-3-5-10(9-11)12-7-4-8-13(18-12)14(15,16)17/h3,5-6,9,12-13,18H,2,4,7-8H2,1H3. The maximum absolute atomic E-state index is 12.7. The fourth-order valence-corrected chi connectivity index (χ4v) is 2.44. The Hall–Kier alpha value is -1.23. The summed E-state index contributed by atoms with van der Waals surface area (Å²) >= 11 is 0. The van der Waals surface area contributed by atoms with Crippen molar-refractivity contribution < 1.29 is 17.9 Å². The Balaban J connectivity index is 2.10. The Morgan fingerprint density at radius 1 is 1.32 bits per heavy atom. The molecule has 19 heavy (non-hydrogen) atoms. The van der Waals surface area contributed by atoms with Crippen molar-refractivity contribution >= 4 is 0 Å². The monoisotopic (exact) mass is 273 g/mol. The highest BCUT2D eigenvalue weighted by atomic mass is 19.4. The van der Waals surface area contributed by atoms with E-state index in [4.69, 9.17) is 4.74 Å². The summed E-state index contributed by atoms with van der Waals surface area (Å²) in [6.45, 7) is 2.43. The number of nitrogens with one attached hydrogen (secondary N) is 1. The second kappa shape index (κ2) is 5.82. The predicted octanol–water partition coefficient (Wildman–Crippen LogP) is 3.83. The number of halogens is 3. The fraction of sp³-hybridized carbons (Fsp3) is 0.571. The molecule has 0 saturated carbocycles. The van der Waals surface area contributed by atoms with E-state index in [1.807, 2.05) is 31.2 Å². The van der Waals surface area contributed by atoms with Crippen LogP contribution in [0.1, 0.15) is 37.8 Å². The van der Waals surface area contributed by atoms with Crippen LogP contribution in [0.5, 0.6) is 5.75 Å². The zero-order valence-corrected chi connectivity index (χ0v) is 10.8. The van der Waals surface area contributed by atoms with E-state index < -0.39 is 12.2 Å². The molecule has 0 radical (unpaired) electrons. The quantitative estimate of drug-likeness (QED) is 0.903. The fourth-order valence-electron chi connectivity index (χ4n) is 2.44. The molecular weight excluding hydrogens is 255 g/mol. The second-order valence-electron chi connectivity index (χ2n) is 4.75. The number of piperidine rings is 1. The van der Waals surface area contributed by atoms with Crippen LogP contribution >= 0.6 is 0 Å². The first-order valence-corrected chi connectivity index (χ1v) is 6.56. The van der Waals surface area contributed by atoms with Crippen LogP contribution in [-0.2, 0) is 0 Å². The third-order valence-corrected chi connectivity index (χ3v) is 3.35. The van der Waals surface area contributed by atoms with E-state index in [1.54, 1.807) is 0 Å². The minimum Gasteiger partial charge on any atom is -0.494 e. The molecule has 0 spiro atoms. The van der Waals surface area contributed by atoms with Crippen LogP contribution in [-0.4, -0.2) is 18.8 Å². The van der Waals surface area contributed by atoms with Gasteiger partial charge in [-0.05, 0) is 43.9 Å². The number of rotatable bonds is 3. The molecule has 106 valence electrons. The van der Waals surface area contributed by atoms with E-state index >= 15 is 0 Å². The third kappa shape index (κ3) is 3.62. The molecule has 1 fully saturated rings. The molecule has 2 rings (SSSR count). The Kier molecular flexibility index (Phi) is 4.34. The SMILES string of the molecule is CCOc1cccc(C2CCCC(C(F)(F)F)N2)c1. The minimum absolute atomic E-state index is 0.158. The molecule has 1 aliphatic rings. The lowest BCUT2D eigenvalue weighted by Gasteiger charge is -2.32. The van der Waals surface area contributed by atoms with Gasteiger partial charge in [-0.15, -0.1) is 0 Å². The number of benzene rings is 1. The zero-order chi connectivity index (χ0) is 13.9. The Morgan fingerprint density at radius 2 is 2.11 bits per heavy atom. The van der Waals surface area contributed by atoms with Gasteiger partial charge in [-0.2, -0.15) is 13.2 Å². The lowest BCUT2D eigenvalue weighted by Crippen LogP contribution is -2.46. The summed E-state index contributed by atoms with van der Waals surface area (Å²) < 4.78 is 43.6. The summed E-state index contributed by atoms with van der Waals surface area (Å²) in [4.78, 5) is 0. The number of alkyl halides is 3. The van der Waals surface area contributed by atoms with Crippen LogP contribution in [0.2, 0.25) is 0 Å². The van der Waals surface area contributed by atoms with Crippen LogP contribution in [0.3, 0.4) is 0 Å². The van der Waals surface area contributed by atoms with Crippen LogP contribution in [0, 0.1) is 0 Å². The number of hydrogen-bond donors (Lipinski definition) is 1. The molecule has 0 amide bonds. The topological polar surface area (TPSA) is 21.3 Å². The molecule has 2 nitrogen and oxygen atoms in total. The molecule has 0 bridgehead atoms. The summed E-state index contributed by atoms with van der Waals surface area (Å²) in [7, 11) is 0. The van der Waals surface area contributed by atoms with Gasteiger partial charge in [0.1, 0.15) is 11.8 Å². The molecule has 1 aliphatic heterocycles. The number of hydrogen-bond acceptors (Lipinski definition) is 2. The maximum Gasteiger partial charge on any atom is 0.403 e. The van der Waals surface area contributed by atoms with Gasteiger partial charge in [0.25, 0.3) is 0 Å². The highest BCUT2D eigenvalue weighted by molar-refractivity contribution is 5.31. The van der Waals surface area contributed by atoms with E-state index in [2.05, 4.69) is 5.32 Å². The number of ether oxygens (including phenoxy) is 1. The van der Waals surface area contributed by atoms with E-state index in [9.17, 15) is 13.2 Å². The highest BCUT2D eigenvalue weighted by Gasteiger charge is 2.42. The Bertz CT molecular complexity index is 419. The summed E-state index contributed by atoms with van der Waals surface area (Å²) in [5.41, 5.74) is 0.861. The summed E-state index contributed by atoms with van der Waals surface area (Å²) in [5.74, 6) is 0.705. The van der Waals surface area contributed by atoms with Gasteiger partial charge in [0, 0.05) is 6.04 Å². The largest absolute Gasteiger partial charge is 0.494 e. The third-order valence-electron chi connectivity index (χ3n) is 3.35. The smallest absolute Gasteiger partial charge is 0.403 e. The average Bonchev–Trinajstić information content (AvgIpc) is 2.39. The lowest BCUT2D eigenvalue weighted by molar-refractivity contribution is -0.163. The first-order chi connectivity index (χ1) is 9.00. The van der Waals surface area contributed by atoms with E-state index in [0.29, 0.717) is 18.8 Å². The summed E-state index contributed by atoms with van der Waals surface area (Å²) in [5, 5.41) is 2.70. The highest BCUT2D eigenvalue weighted by Crippen LogP contribution is 2.33. The van der Waals surface area contributed by atoms with Crippen molar-refractivity contribution in [3.8, 4) is 5.75 Å². The van der Waals surface area contributed by atoms with Gasteiger partial charge in [0.05, 0.1) is 6.61 Å².